The normalized spacial score (nSPS) is 15.3. The van der Waals surface area contributed by atoms with E-state index in [1.807, 2.05) is 24.3 Å². The van der Waals surface area contributed by atoms with E-state index >= 15 is 0 Å². The van der Waals surface area contributed by atoms with Crippen molar-refractivity contribution in [2.75, 3.05) is 39.6 Å². The number of unbranched alkanes of at least 4 members (excludes halogenated alkanes) is 8. The van der Waals surface area contributed by atoms with E-state index in [-0.39, 0.29) is 16.8 Å². The van der Waals surface area contributed by atoms with Crippen LogP contribution in [-0.2, 0) is 14.9 Å². The monoisotopic (exact) mass is 656 g/mol. The molecule has 48 heavy (non-hydrogen) atoms. The van der Waals surface area contributed by atoms with Crippen molar-refractivity contribution >= 4 is 5.97 Å². The van der Waals surface area contributed by atoms with Gasteiger partial charge < -0.3 is 23.7 Å². The van der Waals surface area contributed by atoms with Crippen molar-refractivity contribution in [2.24, 2.45) is 5.41 Å². The number of rotatable bonds is 21. The topological polar surface area (TPSA) is 63.2 Å². The van der Waals surface area contributed by atoms with E-state index in [1.54, 1.807) is 12.1 Å². The molecule has 0 radical (unpaired) electrons. The molecule has 0 N–H and O–H groups in total. The van der Waals surface area contributed by atoms with Crippen molar-refractivity contribution in [3.8, 4) is 28.4 Å². The average molecular weight is 657 g/mol. The van der Waals surface area contributed by atoms with E-state index in [0.717, 1.165) is 88.6 Å². The standard InChI is InChI=1S/C42H56O6/c1-5-7-8-9-10-14-26-47-34-20-22-36-37-23-21-35(28-39(37)41(3,4)38(36)27-34)48-40(43)32-16-18-33(19-17-32)46-25-15-12-11-13-24-44-29-42(6-2)30-45-31-42/h16-23,27-28H,5-15,24-26,29-31H2,1-4H3. The molecule has 3 aromatic carbocycles. The van der Waals surface area contributed by atoms with Crippen LogP contribution in [0.1, 0.15) is 120 Å². The third kappa shape index (κ3) is 9.21. The second kappa shape index (κ2) is 17.3. The van der Waals surface area contributed by atoms with E-state index in [2.05, 4.69) is 52.0 Å². The Labute approximate surface area is 288 Å². The van der Waals surface area contributed by atoms with Gasteiger partial charge in [0.2, 0.25) is 0 Å². The number of fused-ring (bicyclic) bond motifs is 3. The summed E-state index contributed by atoms with van der Waals surface area (Å²) in [5.41, 5.74) is 5.31. The first-order valence-electron chi connectivity index (χ1n) is 18.4. The van der Waals surface area contributed by atoms with Gasteiger partial charge in [0.25, 0.3) is 0 Å². The maximum absolute atomic E-state index is 13.1. The summed E-state index contributed by atoms with van der Waals surface area (Å²) in [6, 6.07) is 19.6. The highest BCUT2D eigenvalue weighted by Crippen LogP contribution is 2.50. The Hall–Kier alpha value is -3.35. The number of hydrogen-bond donors (Lipinski definition) is 0. The molecule has 0 saturated carbocycles. The van der Waals surface area contributed by atoms with Crippen molar-refractivity contribution in [2.45, 2.75) is 104 Å². The number of ether oxygens (including phenoxy) is 5. The molecule has 3 aromatic rings. The summed E-state index contributed by atoms with van der Waals surface area (Å²) >= 11 is 0. The Morgan fingerprint density at radius 3 is 1.81 bits per heavy atom. The minimum absolute atomic E-state index is 0.233. The van der Waals surface area contributed by atoms with Gasteiger partial charge in [-0.3, -0.25) is 0 Å². The smallest absolute Gasteiger partial charge is 0.343 e. The van der Waals surface area contributed by atoms with Crippen LogP contribution in [0.4, 0.5) is 0 Å². The third-order valence-corrected chi connectivity index (χ3v) is 10.1. The summed E-state index contributed by atoms with van der Waals surface area (Å²) in [4.78, 5) is 13.1. The Kier molecular flexibility index (Phi) is 13.0. The van der Waals surface area contributed by atoms with Crippen LogP contribution in [-0.4, -0.2) is 45.6 Å². The summed E-state index contributed by atoms with van der Waals surface area (Å²) in [6.45, 7) is 13.6. The van der Waals surface area contributed by atoms with Crippen LogP contribution in [0.3, 0.4) is 0 Å². The Balaban J connectivity index is 1.04. The molecule has 0 amide bonds. The van der Waals surface area contributed by atoms with Crippen molar-refractivity contribution in [3.63, 3.8) is 0 Å². The number of carbonyl (C=O) groups excluding carboxylic acids is 1. The molecule has 0 bridgehead atoms. The van der Waals surface area contributed by atoms with Crippen molar-refractivity contribution in [3.05, 3.63) is 77.4 Å². The molecule has 0 unspecified atom stereocenters. The van der Waals surface area contributed by atoms with Crippen LogP contribution in [0.25, 0.3) is 11.1 Å². The van der Waals surface area contributed by atoms with Gasteiger partial charge in [-0.15, -0.1) is 0 Å². The molecule has 1 heterocycles. The summed E-state index contributed by atoms with van der Waals surface area (Å²) in [7, 11) is 0. The number of benzene rings is 3. The summed E-state index contributed by atoms with van der Waals surface area (Å²) in [6.07, 6.45) is 12.9. The van der Waals surface area contributed by atoms with E-state index in [0.29, 0.717) is 17.9 Å². The second-order valence-corrected chi connectivity index (χ2v) is 14.2. The molecule has 1 aliphatic carbocycles. The molecule has 1 aliphatic heterocycles. The van der Waals surface area contributed by atoms with Crippen LogP contribution in [0.2, 0.25) is 0 Å². The zero-order valence-electron chi connectivity index (χ0n) is 29.7. The molecule has 2 aliphatic rings. The molecule has 0 spiro atoms. The van der Waals surface area contributed by atoms with E-state index in [4.69, 9.17) is 23.7 Å². The number of esters is 1. The quantitative estimate of drug-likeness (QED) is 0.0646. The van der Waals surface area contributed by atoms with Crippen molar-refractivity contribution in [1.82, 2.24) is 0 Å². The van der Waals surface area contributed by atoms with Gasteiger partial charge in [-0.05, 0) is 103 Å². The SMILES string of the molecule is CCCCCCCCOc1ccc2c(c1)C(C)(C)c1cc(OC(=O)c3ccc(OCCCCCCOCC4(CC)COC4)cc3)ccc1-2. The van der Waals surface area contributed by atoms with Gasteiger partial charge >= 0.3 is 5.97 Å². The Morgan fingerprint density at radius 2 is 1.21 bits per heavy atom. The predicted molar refractivity (Wildman–Crippen MR) is 193 cm³/mol. The fraction of sp³-hybridized carbons (Fsp3) is 0.548. The first-order valence-corrected chi connectivity index (χ1v) is 18.4. The number of carbonyl (C=O) groups is 1. The summed E-state index contributed by atoms with van der Waals surface area (Å²) in [5, 5.41) is 0. The highest BCUT2D eigenvalue weighted by molar-refractivity contribution is 5.91. The molecule has 5 rings (SSSR count). The first-order chi connectivity index (χ1) is 23.3. The van der Waals surface area contributed by atoms with Gasteiger partial charge in [0.05, 0.1) is 38.6 Å². The summed E-state index contributed by atoms with van der Waals surface area (Å²) < 4.78 is 29.2. The molecule has 260 valence electrons. The highest BCUT2D eigenvalue weighted by atomic mass is 16.5. The molecule has 0 atom stereocenters. The predicted octanol–water partition coefficient (Wildman–Crippen LogP) is 10.3. The van der Waals surface area contributed by atoms with Crippen LogP contribution < -0.4 is 14.2 Å². The van der Waals surface area contributed by atoms with Crippen LogP contribution >= 0.6 is 0 Å². The first kappa shape index (κ1) is 35.9. The van der Waals surface area contributed by atoms with Gasteiger partial charge in [-0.1, -0.05) is 78.4 Å². The minimum Gasteiger partial charge on any atom is -0.494 e. The second-order valence-electron chi connectivity index (χ2n) is 14.2. The van der Waals surface area contributed by atoms with Gasteiger partial charge in [0.1, 0.15) is 17.2 Å². The molecular formula is C42H56O6. The van der Waals surface area contributed by atoms with Crippen molar-refractivity contribution < 1.29 is 28.5 Å². The highest BCUT2D eigenvalue weighted by Gasteiger charge is 2.37. The fourth-order valence-electron chi connectivity index (χ4n) is 6.69. The number of hydrogen-bond acceptors (Lipinski definition) is 6. The maximum Gasteiger partial charge on any atom is 0.343 e. The zero-order chi connectivity index (χ0) is 33.8. The van der Waals surface area contributed by atoms with Gasteiger partial charge in [-0.25, -0.2) is 4.79 Å². The Morgan fingerprint density at radius 1 is 0.667 bits per heavy atom. The van der Waals surface area contributed by atoms with Gasteiger partial charge in [-0.2, -0.15) is 0 Å². The fourth-order valence-corrected chi connectivity index (χ4v) is 6.69. The third-order valence-electron chi connectivity index (χ3n) is 10.1. The van der Waals surface area contributed by atoms with E-state index < -0.39 is 0 Å². The molecule has 1 saturated heterocycles. The molecule has 6 nitrogen and oxygen atoms in total. The van der Waals surface area contributed by atoms with Crippen LogP contribution in [0, 0.1) is 5.41 Å². The molecule has 6 heteroatoms. The lowest BCUT2D eigenvalue weighted by molar-refractivity contribution is -0.150. The zero-order valence-corrected chi connectivity index (χ0v) is 29.7. The van der Waals surface area contributed by atoms with Crippen molar-refractivity contribution in [1.29, 1.82) is 0 Å². The maximum atomic E-state index is 13.1. The van der Waals surface area contributed by atoms with Gasteiger partial charge in [0, 0.05) is 17.4 Å². The molecular weight excluding hydrogens is 600 g/mol. The molecule has 1 fully saturated rings. The largest absolute Gasteiger partial charge is 0.494 e. The van der Waals surface area contributed by atoms with E-state index in [1.165, 1.54) is 48.8 Å². The van der Waals surface area contributed by atoms with Crippen LogP contribution in [0.15, 0.2) is 60.7 Å². The van der Waals surface area contributed by atoms with Crippen LogP contribution in [0.5, 0.6) is 17.2 Å². The lowest BCUT2D eigenvalue weighted by atomic mass is 9.82. The summed E-state index contributed by atoms with van der Waals surface area (Å²) in [5.74, 6) is 1.85. The minimum atomic E-state index is -0.378. The average Bonchev–Trinajstić information content (AvgIpc) is 3.30. The Bertz CT molecular complexity index is 1450. The van der Waals surface area contributed by atoms with E-state index in [9.17, 15) is 4.79 Å². The van der Waals surface area contributed by atoms with Gasteiger partial charge in [0.15, 0.2) is 0 Å². The molecule has 0 aromatic heterocycles. The lowest BCUT2D eigenvalue weighted by Crippen LogP contribution is -2.45. The lowest BCUT2D eigenvalue weighted by Gasteiger charge is -2.40.